The lowest BCUT2D eigenvalue weighted by molar-refractivity contribution is 0.195. The first-order chi connectivity index (χ1) is 6.79. The molecule has 0 amide bonds. The first-order valence-electron chi connectivity index (χ1n) is 4.43. The number of hydrogen-bond donors (Lipinski definition) is 2. The average Bonchev–Trinajstić information content (AvgIpc) is 2.67. The Kier molecular flexibility index (Phi) is 2.28. The zero-order chi connectivity index (χ0) is 9.97. The van der Waals surface area contributed by atoms with Crippen molar-refractivity contribution < 1.29 is 5.11 Å². The predicted molar refractivity (Wildman–Crippen MR) is 52.5 cm³/mol. The standard InChI is InChI=1S/C10H11N3O/c1-7(14)9-10(12-13-11-9)8-5-3-2-4-6-8/h2-7,14H,1H3,(H,11,12,13). The highest BCUT2D eigenvalue weighted by atomic mass is 16.3. The minimum absolute atomic E-state index is 0.580. The van der Waals surface area contributed by atoms with Crippen LogP contribution in [-0.4, -0.2) is 20.5 Å². The molecule has 0 radical (unpaired) electrons. The van der Waals surface area contributed by atoms with Gasteiger partial charge in [-0.15, -0.1) is 0 Å². The molecule has 4 nitrogen and oxygen atoms in total. The summed E-state index contributed by atoms with van der Waals surface area (Å²) < 4.78 is 0. The minimum Gasteiger partial charge on any atom is -0.387 e. The van der Waals surface area contributed by atoms with E-state index in [1.165, 1.54) is 0 Å². The van der Waals surface area contributed by atoms with Crippen LogP contribution >= 0.6 is 0 Å². The zero-order valence-corrected chi connectivity index (χ0v) is 7.81. The molecule has 0 aliphatic carbocycles. The first kappa shape index (κ1) is 8.90. The van der Waals surface area contributed by atoms with E-state index >= 15 is 0 Å². The van der Waals surface area contributed by atoms with Crippen LogP contribution in [0.1, 0.15) is 18.7 Å². The van der Waals surface area contributed by atoms with Crippen LogP contribution in [0.2, 0.25) is 0 Å². The number of aromatic amines is 1. The van der Waals surface area contributed by atoms with Gasteiger partial charge in [-0.2, -0.15) is 15.4 Å². The quantitative estimate of drug-likeness (QED) is 0.753. The van der Waals surface area contributed by atoms with E-state index in [-0.39, 0.29) is 0 Å². The highest BCUT2D eigenvalue weighted by Gasteiger charge is 2.13. The maximum Gasteiger partial charge on any atom is 0.119 e. The van der Waals surface area contributed by atoms with Crippen molar-refractivity contribution >= 4 is 0 Å². The Hall–Kier alpha value is -1.68. The Morgan fingerprint density at radius 1 is 1.21 bits per heavy atom. The van der Waals surface area contributed by atoms with Crippen molar-refractivity contribution in [1.29, 1.82) is 0 Å². The summed E-state index contributed by atoms with van der Waals surface area (Å²) in [6.45, 7) is 1.67. The number of aliphatic hydroxyl groups is 1. The molecule has 0 fully saturated rings. The molecule has 1 aromatic heterocycles. The maximum atomic E-state index is 9.43. The second-order valence-corrected chi connectivity index (χ2v) is 3.10. The molecule has 14 heavy (non-hydrogen) atoms. The first-order valence-corrected chi connectivity index (χ1v) is 4.43. The molecular weight excluding hydrogens is 178 g/mol. The smallest absolute Gasteiger partial charge is 0.119 e. The largest absolute Gasteiger partial charge is 0.387 e. The fraction of sp³-hybridized carbons (Fsp3) is 0.200. The number of nitrogens with one attached hydrogen (secondary N) is 1. The molecule has 1 heterocycles. The van der Waals surface area contributed by atoms with Gasteiger partial charge in [-0.25, -0.2) is 0 Å². The van der Waals surface area contributed by atoms with Gasteiger partial charge in [0.2, 0.25) is 0 Å². The van der Waals surface area contributed by atoms with Crippen molar-refractivity contribution in [2.24, 2.45) is 0 Å². The van der Waals surface area contributed by atoms with Crippen LogP contribution in [-0.2, 0) is 0 Å². The molecule has 1 atom stereocenters. The molecule has 0 aliphatic rings. The molecule has 2 rings (SSSR count). The van der Waals surface area contributed by atoms with Crippen LogP contribution in [0.25, 0.3) is 11.3 Å². The third-order valence-electron chi connectivity index (χ3n) is 2.02. The lowest BCUT2D eigenvalue weighted by Gasteiger charge is -2.02. The van der Waals surface area contributed by atoms with Gasteiger partial charge in [-0.05, 0) is 6.92 Å². The van der Waals surface area contributed by atoms with Crippen LogP contribution in [0.15, 0.2) is 30.3 Å². The molecule has 0 saturated carbocycles. The van der Waals surface area contributed by atoms with Gasteiger partial charge in [0.05, 0.1) is 6.10 Å². The van der Waals surface area contributed by atoms with Gasteiger partial charge in [0.1, 0.15) is 11.4 Å². The Morgan fingerprint density at radius 2 is 1.93 bits per heavy atom. The number of aromatic nitrogens is 3. The van der Waals surface area contributed by atoms with Crippen molar-refractivity contribution in [3.8, 4) is 11.3 Å². The number of hydrogen-bond acceptors (Lipinski definition) is 3. The van der Waals surface area contributed by atoms with E-state index in [0.717, 1.165) is 5.56 Å². The van der Waals surface area contributed by atoms with E-state index in [1.54, 1.807) is 6.92 Å². The summed E-state index contributed by atoms with van der Waals surface area (Å²) in [6.07, 6.45) is -0.607. The van der Waals surface area contributed by atoms with Crippen LogP contribution in [0.3, 0.4) is 0 Å². The fourth-order valence-corrected chi connectivity index (χ4v) is 1.34. The van der Waals surface area contributed by atoms with Crippen LogP contribution in [0.5, 0.6) is 0 Å². The lowest BCUT2D eigenvalue weighted by atomic mass is 10.1. The summed E-state index contributed by atoms with van der Waals surface area (Å²) in [5.41, 5.74) is 2.24. The normalized spacial score (nSPS) is 12.7. The zero-order valence-electron chi connectivity index (χ0n) is 7.81. The van der Waals surface area contributed by atoms with Gasteiger partial charge in [-0.1, -0.05) is 30.3 Å². The summed E-state index contributed by atoms with van der Waals surface area (Å²) in [5, 5.41) is 19.9. The van der Waals surface area contributed by atoms with E-state index in [2.05, 4.69) is 15.4 Å². The maximum absolute atomic E-state index is 9.43. The van der Waals surface area contributed by atoms with E-state index in [9.17, 15) is 5.11 Å². The summed E-state index contributed by atoms with van der Waals surface area (Å²) in [6, 6.07) is 9.66. The Bertz CT molecular complexity index is 408. The van der Waals surface area contributed by atoms with Gasteiger partial charge >= 0.3 is 0 Å². The Balaban J connectivity index is 2.47. The highest BCUT2D eigenvalue weighted by molar-refractivity contribution is 5.61. The topological polar surface area (TPSA) is 61.8 Å². The fourth-order valence-electron chi connectivity index (χ4n) is 1.34. The minimum atomic E-state index is -0.607. The summed E-state index contributed by atoms with van der Waals surface area (Å²) in [4.78, 5) is 0. The average molecular weight is 189 g/mol. The molecule has 2 N–H and O–H groups in total. The van der Waals surface area contributed by atoms with Crippen molar-refractivity contribution in [1.82, 2.24) is 15.4 Å². The van der Waals surface area contributed by atoms with E-state index < -0.39 is 6.10 Å². The van der Waals surface area contributed by atoms with Crippen molar-refractivity contribution in [3.05, 3.63) is 36.0 Å². The monoisotopic (exact) mass is 189 g/mol. The van der Waals surface area contributed by atoms with E-state index in [0.29, 0.717) is 11.4 Å². The second-order valence-electron chi connectivity index (χ2n) is 3.10. The molecule has 1 aromatic carbocycles. The lowest BCUT2D eigenvalue weighted by Crippen LogP contribution is -1.94. The Morgan fingerprint density at radius 3 is 2.57 bits per heavy atom. The molecule has 0 bridgehead atoms. The molecule has 2 aromatic rings. The van der Waals surface area contributed by atoms with Crippen LogP contribution < -0.4 is 0 Å². The van der Waals surface area contributed by atoms with Crippen LogP contribution in [0, 0.1) is 0 Å². The number of benzene rings is 1. The van der Waals surface area contributed by atoms with Gasteiger partial charge in [0.15, 0.2) is 0 Å². The van der Waals surface area contributed by atoms with Crippen molar-refractivity contribution in [2.45, 2.75) is 13.0 Å². The Labute approximate surface area is 81.6 Å². The molecule has 1 unspecified atom stereocenters. The second kappa shape index (κ2) is 3.59. The number of nitrogens with zero attached hydrogens (tertiary/aromatic N) is 2. The SMILES string of the molecule is CC(O)c1n[nH]nc1-c1ccccc1. The van der Waals surface area contributed by atoms with Crippen molar-refractivity contribution in [3.63, 3.8) is 0 Å². The summed E-state index contributed by atoms with van der Waals surface area (Å²) in [7, 11) is 0. The molecule has 0 spiro atoms. The van der Waals surface area contributed by atoms with Gasteiger partial charge in [-0.3, -0.25) is 0 Å². The molecule has 4 heteroatoms. The molecule has 0 saturated heterocycles. The van der Waals surface area contributed by atoms with Crippen LogP contribution in [0.4, 0.5) is 0 Å². The molecule has 0 aliphatic heterocycles. The number of rotatable bonds is 2. The third kappa shape index (κ3) is 1.52. The summed E-state index contributed by atoms with van der Waals surface area (Å²) >= 11 is 0. The van der Waals surface area contributed by atoms with Crippen molar-refractivity contribution in [2.75, 3.05) is 0 Å². The third-order valence-corrected chi connectivity index (χ3v) is 2.02. The van der Waals surface area contributed by atoms with Gasteiger partial charge in [0.25, 0.3) is 0 Å². The molecular formula is C10H11N3O. The van der Waals surface area contributed by atoms with E-state index in [4.69, 9.17) is 0 Å². The van der Waals surface area contributed by atoms with Gasteiger partial charge in [0, 0.05) is 5.56 Å². The summed E-state index contributed by atoms with van der Waals surface area (Å²) in [5.74, 6) is 0. The number of H-pyrrole nitrogens is 1. The molecule has 72 valence electrons. The number of aliphatic hydroxyl groups excluding tert-OH is 1. The highest BCUT2D eigenvalue weighted by Crippen LogP contribution is 2.23. The van der Waals surface area contributed by atoms with Gasteiger partial charge < -0.3 is 5.11 Å². The predicted octanol–water partition coefficient (Wildman–Crippen LogP) is 1.52. The van der Waals surface area contributed by atoms with E-state index in [1.807, 2.05) is 30.3 Å².